The van der Waals surface area contributed by atoms with Gasteiger partial charge in [-0.3, -0.25) is 14.6 Å². The van der Waals surface area contributed by atoms with Crippen molar-refractivity contribution in [1.82, 2.24) is 15.3 Å². The summed E-state index contributed by atoms with van der Waals surface area (Å²) in [6, 6.07) is -0.795. The van der Waals surface area contributed by atoms with Crippen molar-refractivity contribution in [2.75, 3.05) is 18.9 Å². The number of aliphatic imine (C=N–C) groups is 1. The summed E-state index contributed by atoms with van der Waals surface area (Å²) in [7, 11) is 0. The molecule has 2 aliphatic rings. The van der Waals surface area contributed by atoms with E-state index in [9.17, 15) is 19.8 Å². The molecule has 146 valence electrons. The molecule has 1 aromatic rings. The number of aliphatic hydroxyl groups excluding tert-OH is 2. The standard InChI is InChI=1S/C16H22N6O5/c17-4-3-10(24)21-12-13(25)9(6-23)27-14(12)7-1-2-8-11(19-5-7)15(26)22-16(18)20-8/h1,5,9,12-14,23,25H,2-4,6,17H2,(H,21,24)(H3,18,20,22,26)/t9-,12?,13?,14+/m1/s1. The highest BCUT2D eigenvalue weighted by Gasteiger charge is 2.45. The smallest absolute Gasteiger partial charge is 0.278 e. The van der Waals surface area contributed by atoms with Crippen molar-refractivity contribution in [3.63, 3.8) is 0 Å². The highest BCUT2D eigenvalue weighted by Crippen LogP contribution is 2.28. The number of rotatable bonds is 5. The molecule has 11 heteroatoms. The third-order valence-corrected chi connectivity index (χ3v) is 4.46. The Labute approximate surface area is 154 Å². The van der Waals surface area contributed by atoms with Crippen molar-refractivity contribution in [3.8, 4) is 0 Å². The number of ether oxygens (including phenoxy) is 1. The van der Waals surface area contributed by atoms with Gasteiger partial charge in [0.1, 0.15) is 24.0 Å². The van der Waals surface area contributed by atoms with Crippen LogP contribution in [0.3, 0.4) is 0 Å². The fourth-order valence-electron chi connectivity index (χ4n) is 3.16. The molecule has 27 heavy (non-hydrogen) atoms. The van der Waals surface area contributed by atoms with Crippen LogP contribution in [-0.4, -0.2) is 69.8 Å². The van der Waals surface area contributed by atoms with E-state index in [1.165, 1.54) is 6.21 Å². The fourth-order valence-corrected chi connectivity index (χ4v) is 3.16. The van der Waals surface area contributed by atoms with E-state index >= 15 is 0 Å². The van der Waals surface area contributed by atoms with Crippen LogP contribution in [0.2, 0.25) is 0 Å². The molecule has 11 nitrogen and oxygen atoms in total. The molecular formula is C16H22N6O5. The molecule has 1 saturated heterocycles. The van der Waals surface area contributed by atoms with Gasteiger partial charge in [-0.2, -0.15) is 0 Å². The van der Waals surface area contributed by atoms with E-state index in [4.69, 9.17) is 16.2 Å². The number of fused-ring (bicyclic) bond motifs is 1. The number of nitrogens with zero attached hydrogens (tertiary/aromatic N) is 2. The molecule has 0 radical (unpaired) electrons. The number of aromatic nitrogens is 2. The Balaban J connectivity index is 1.89. The highest BCUT2D eigenvalue weighted by atomic mass is 16.5. The molecule has 3 rings (SSSR count). The van der Waals surface area contributed by atoms with Crippen molar-refractivity contribution in [2.24, 2.45) is 10.7 Å². The highest BCUT2D eigenvalue weighted by molar-refractivity contribution is 5.84. The first-order chi connectivity index (χ1) is 12.9. The van der Waals surface area contributed by atoms with Crippen molar-refractivity contribution < 1.29 is 19.7 Å². The Morgan fingerprint density at radius 1 is 1.48 bits per heavy atom. The number of anilines is 1. The average molecular weight is 378 g/mol. The van der Waals surface area contributed by atoms with Gasteiger partial charge in [-0.25, -0.2) is 9.98 Å². The molecule has 2 unspecified atom stereocenters. The molecule has 1 fully saturated rings. The maximum Gasteiger partial charge on any atom is 0.278 e. The molecule has 2 aliphatic heterocycles. The van der Waals surface area contributed by atoms with Gasteiger partial charge in [0.05, 0.1) is 18.3 Å². The van der Waals surface area contributed by atoms with Gasteiger partial charge in [0.2, 0.25) is 11.9 Å². The van der Waals surface area contributed by atoms with Crippen molar-refractivity contribution in [3.05, 3.63) is 27.7 Å². The van der Waals surface area contributed by atoms with Crippen molar-refractivity contribution in [2.45, 2.75) is 37.2 Å². The van der Waals surface area contributed by atoms with E-state index < -0.39 is 36.5 Å². The molecule has 4 atom stereocenters. The van der Waals surface area contributed by atoms with Crippen molar-refractivity contribution >= 4 is 23.8 Å². The van der Waals surface area contributed by atoms with Crippen LogP contribution in [0.15, 0.2) is 21.4 Å². The van der Waals surface area contributed by atoms with Crippen LogP contribution >= 0.6 is 0 Å². The lowest BCUT2D eigenvalue weighted by Crippen LogP contribution is -2.49. The lowest BCUT2D eigenvalue weighted by atomic mass is 9.98. The molecule has 0 bridgehead atoms. The van der Waals surface area contributed by atoms with Crippen molar-refractivity contribution in [1.29, 1.82) is 0 Å². The Hall–Kier alpha value is -2.60. The SMILES string of the molecule is NCCC(=O)NC1C(O)[C@@H](CO)O[C@H]1C1=CCc2nc(N)[nH]c(=O)c2N=C1. The van der Waals surface area contributed by atoms with Crippen LogP contribution < -0.4 is 22.3 Å². The van der Waals surface area contributed by atoms with E-state index in [1.807, 2.05) is 0 Å². The second-order valence-corrected chi connectivity index (χ2v) is 6.31. The van der Waals surface area contributed by atoms with Crippen LogP contribution in [0.1, 0.15) is 12.1 Å². The summed E-state index contributed by atoms with van der Waals surface area (Å²) in [5.41, 5.74) is 11.6. The zero-order valence-electron chi connectivity index (χ0n) is 14.5. The predicted molar refractivity (Wildman–Crippen MR) is 96.6 cm³/mol. The third-order valence-electron chi connectivity index (χ3n) is 4.46. The number of amides is 1. The summed E-state index contributed by atoms with van der Waals surface area (Å²) in [6.45, 7) is -0.248. The molecule has 0 spiro atoms. The van der Waals surface area contributed by atoms with Crippen LogP contribution in [0.4, 0.5) is 11.6 Å². The molecule has 3 heterocycles. The monoisotopic (exact) mass is 378 g/mol. The van der Waals surface area contributed by atoms with E-state index in [-0.39, 0.29) is 36.9 Å². The number of allylic oxidation sites excluding steroid dienone is 1. The maximum atomic E-state index is 12.0. The zero-order chi connectivity index (χ0) is 19.6. The van der Waals surface area contributed by atoms with Crippen LogP contribution in [0.5, 0.6) is 0 Å². The molecular weight excluding hydrogens is 356 g/mol. The van der Waals surface area contributed by atoms with E-state index in [2.05, 4.69) is 20.3 Å². The number of hydrogen-bond acceptors (Lipinski definition) is 9. The summed E-state index contributed by atoms with van der Waals surface area (Å²) in [5, 5.41) is 22.5. The molecule has 1 aromatic heterocycles. The number of aliphatic hydroxyl groups is 2. The predicted octanol–water partition coefficient (Wildman–Crippen LogP) is -2.51. The maximum absolute atomic E-state index is 12.0. The van der Waals surface area contributed by atoms with Gasteiger partial charge in [-0.05, 0) is 5.57 Å². The Morgan fingerprint density at radius 3 is 2.96 bits per heavy atom. The third kappa shape index (κ3) is 3.90. The van der Waals surface area contributed by atoms with Crippen LogP contribution in [-0.2, 0) is 16.0 Å². The van der Waals surface area contributed by atoms with Gasteiger partial charge in [0.15, 0.2) is 0 Å². The summed E-state index contributed by atoms with van der Waals surface area (Å²) in [5.74, 6) is -0.348. The normalized spacial score (nSPS) is 27.0. The lowest BCUT2D eigenvalue weighted by Gasteiger charge is -2.22. The Bertz CT molecular complexity index is 835. The molecule has 0 saturated carbocycles. The second-order valence-electron chi connectivity index (χ2n) is 6.31. The van der Waals surface area contributed by atoms with E-state index in [1.54, 1.807) is 6.08 Å². The molecule has 8 N–H and O–H groups in total. The minimum atomic E-state index is -1.11. The van der Waals surface area contributed by atoms with Gasteiger partial charge in [-0.15, -0.1) is 0 Å². The average Bonchev–Trinajstić information content (AvgIpc) is 2.79. The first-order valence-electron chi connectivity index (χ1n) is 8.51. The number of carbonyl (C=O) groups is 1. The number of nitrogens with two attached hydrogens (primary N) is 2. The molecule has 0 aliphatic carbocycles. The minimum absolute atomic E-state index is 0.00870. The van der Waals surface area contributed by atoms with Gasteiger partial charge in [-0.1, -0.05) is 6.08 Å². The summed E-state index contributed by atoms with van der Waals surface area (Å²) < 4.78 is 5.73. The number of nitrogens with one attached hydrogen (secondary N) is 2. The number of nitrogen functional groups attached to an aromatic ring is 1. The summed E-state index contributed by atoms with van der Waals surface area (Å²) >= 11 is 0. The van der Waals surface area contributed by atoms with Crippen LogP contribution in [0, 0.1) is 0 Å². The minimum Gasteiger partial charge on any atom is -0.394 e. The van der Waals surface area contributed by atoms with E-state index in [0.717, 1.165) is 0 Å². The molecule has 1 amide bonds. The topological polar surface area (TPSA) is 189 Å². The number of hydrogen-bond donors (Lipinski definition) is 6. The van der Waals surface area contributed by atoms with Gasteiger partial charge in [0.25, 0.3) is 5.56 Å². The zero-order valence-corrected chi connectivity index (χ0v) is 14.5. The Kier molecular flexibility index (Phi) is 5.65. The summed E-state index contributed by atoms with van der Waals surface area (Å²) in [4.78, 5) is 34.6. The first-order valence-corrected chi connectivity index (χ1v) is 8.51. The van der Waals surface area contributed by atoms with Crippen LogP contribution in [0.25, 0.3) is 0 Å². The Morgan fingerprint density at radius 2 is 2.26 bits per heavy atom. The lowest BCUT2D eigenvalue weighted by molar-refractivity contribution is -0.122. The van der Waals surface area contributed by atoms with E-state index in [0.29, 0.717) is 11.3 Å². The summed E-state index contributed by atoms with van der Waals surface area (Å²) in [6.07, 6.45) is 0.791. The number of H-pyrrole nitrogens is 1. The fraction of sp³-hybridized carbons (Fsp3) is 0.500. The van der Waals surface area contributed by atoms with Gasteiger partial charge >= 0.3 is 0 Å². The van der Waals surface area contributed by atoms with Gasteiger partial charge in [0, 0.05) is 25.6 Å². The molecule has 0 aromatic carbocycles. The number of aromatic amines is 1. The number of carbonyl (C=O) groups excluding carboxylic acids is 1. The first kappa shape index (κ1) is 19.2. The quantitative estimate of drug-likeness (QED) is 0.324. The van der Waals surface area contributed by atoms with Gasteiger partial charge < -0.3 is 31.7 Å². The second kappa shape index (κ2) is 7.96. The largest absolute Gasteiger partial charge is 0.394 e.